The van der Waals surface area contributed by atoms with Gasteiger partial charge in [-0.15, -0.1) is 0 Å². The Balaban J connectivity index is 2.51. The largest absolute Gasteiger partial charge is 0.281 e. The van der Waals surface area contributed by atoms with E-state index in [4.69, 9.17) is 0 Å². The van der Waals surface area contributed by atoms with E-state index >= 15 is 0 Å². The summed E-state index contributed by atoms with van der Waals surface area (Å²) in [5, 5.41) is 0.714. The Hall–Kier alpha value is -1.16. The second kappa shape index (κ2) is 3.77. The molecule has 3 nitrogen and oxygen atoms in total. The number of benzene rings is 1. The van der Waals surface area contributed by atoms with Gasteiger partial charge in [0.05, 0.1) is 6.42 Å². The molecule has 1 aromatic rings. The molecule has 0 atom stereocenters. The van der Waals surface area contributed by atoms with E-state index in [2.05, 4.69) is 15.9 Å². The summed E-state index contributed by atoms with van der Waals surface area (Å²) >= 11 is 3.34. The van der Waals surface area contributed by atoms with Crippen LogP contribution in [-0.4, -0.2) is 23.8 Å². The van der Waals surface area contributed by atoms with E-state index in [0.29, 0.717) is 17.3 Å². The molecule has 0 saturated carbocycles. The van der Waals surface area contributed by atoms with Gasteiger partial charge in [0.1, 0.15) is 0 Å². The number of rotatable bonds is 1. The topological polar surface area (TPSA) is 37.4 Å². The first-order valence-corrected chi connectivity index (χ1v) is 5.74. The minimum atomic E-state index is -0.205. The molecule has 2 amide bonds. The summed E-state index contributed by atoms with van der Waals surface area (Å²) < 4.78 is 0. The lowest BCUT2D eigenvalue weighted by Gasteiger charge is -2.23. The minimum Gasteiger partial charge on any atom is -0.281 e. The number of carbonyl (C=O) groups is 2. The van der Waals surface area contributed by atoms with E-state index in [0.717, 1.165) is 11.1 Å². The van der Waals surface area contributed by atoms with E-state index < -0.39 is 0 Å². The van der Waals surface area contributed by atoms with E-state index in [1.165, 1.54) is 11.9 Å². The molecule has 0 aromatic heterocycles. The molecular weight excluding hydrogens is 258 g/mol. The van der Waals surface area contributed by atoms with Crippen LogP contribution in [0.25, 0.3) is 0 Å². The molecule has 1 aliphatic heterocycles. The monoisotopic (exact) mass is 267 g/mol. The van der Waals surface area contributed by atoms with Crippen LogP contribution in [0.2, 0.25) is 0 Å². The first-order chi connectivity index (χ1) is 7.13. The Morgan fingerprint density at radius 2 is 2.13 bits per heavy atom. The van der Waals surface area contributed by atoms with Crippen molar-refractivity contribution in [3.8, 4) is 0 Å². The molecule has 0 fully saturated rings. The van der Waals surface area contributed by atoms with Crippen molar-refractivity contribution in [2.45, 2.75) is 11.8 Å². The van der Waals surface area contributed by atoms with E-state index in [9.17, 15) is 9.59 Å². The first-order valence-electron chi connectivity index (χ1n) is 4.62. The van der Waals surface area contributed by atoms with Crippen molar-refractivity contribution in [1.29, 1.82) is 0 Å². The van der Waals surface area contributed by atoms with Crippen LogP contribution in [0.5, 0.6) is 0 Å². The SMILES string of the molecule is CN1C(=O)Cc2ccc(CBr)cc2C1=O. The van der Waals surface area contributed by atoms with Crippen molar-refractivity contribution >= 4 is 27.7 Å². The normalized spacial score (nSPS) is 15.5. The van der Waals surface area contributed by atoms with E-state index in [1.807, 2.05) is 18.2 Å². The second-order valence-electron chi connectivity index (χ2n) is 3.56. The van der Waals surface area contributed by atoms with Crippen molar-refractivity contribution in [2.75, 3.05) is 7.05 Å². The van der Waals surface area contributed by atoms with Gasteiger partial charge in [-0.05, 0) is 17.2 Å². The highest BCUT2D eigenvalue weighted by molar-refractivity contribution is 9.08. The zero-order chi connectivity index (χ0) is 11.0. The molecule has 78 valence electrons. The molecule has 0 radical (unpaired) electrons. The maximum atomic E-state index is 11.8. The van der Waals surface area contributed by atoms with Crippen molar-refractivity contribution < 1.29 is 9.59 Å². The lowest BCUT2D eigenvalue weighted by atomic mass is 9.97. The first kappa shape index (κ1) is 10.4. The number of halogens is 1. The summed E-state index contributed by atoms with van der Waals surface area (Å²) in [7, 11) is 1.52. The number of carbonyl (C=O) groups excluding carboxylic acids is 2. The summed E-state index contributed by atoms with van der Waals surface area (Å²) in [6.07, 6.45) is 0.320. The van der Waals surface area contributed by atoms with Crippen LogP contribution >= 0.6 is 15.9 Å². The molecule has 1 aliphatic rings. The average molecular weight is 268 g/mol. The van der Waals surface area contributed by atoms with Crippen LogP contribution in [0.3, 0.4) is 0 Å². The molecule has 0 unspecified atom stereocenters. The fourth-order valence-electron chi connectivity index (χ4n) is 1.64. The lowest BCUT2D eigenvalue weighted by molar-refractivity contribution is -0.127. The second-order valence-corrected chi connectivity index (χ2v) is 4.12. The number of alkyl halides is 1. The van der Waals surface area contributed by atoms with Crippen molar-refractivity contribution in [3.63, 3.8) is 0 Å². The van der Waals surface area contributed by atoms with Gasteiger partial charge in [-0.3, -0.25) is 14.5 Å². The highest BCUT2D eigenvalue weighted by atomic mass is 79.9. The summed E-state index contributed by atoms with van der Waals surface area (Å²) in [4.78, 5) is 24.4. The van der Waals surface area contributed by atoms with E-state index in [1.54, 1.807) is 0 Å². The Morgan fingerprint density at radius 3 is 2.80 bits per heavy atom. The van der Waals surface area contributed by atoms with Crippen LogP contribution < -0.4 is 0 Å². The third kappa shape index (κ3) is 1.69. The number of hydrogen-bond acceptors (Lipinski definition) is 2. The Labute approximate surface area is 96.2 Å². The molecule has 1 aromatic carbocycles. The number of imide groups is 1. The van der Waals surface area contributed by atoms with Gasteiger partial charge in [-0.1, -0.05) is 28.1 Å². The van der Waals surface area contributed by atoms with Crippen molar-refractivity contribution in [3.05, 3.63) is 34.9 Å². The molecule has 0 bridgehead atoms. The maximum absolute atomic E-state index is 11.8. The van der Waals surface area contributed by atoms with Gasteiger partial charge < -0.3 is 0 Å². The number of fused-ring (bicyclic) bond motifs is 1. The minimum absolute atomic E-state index is 0.140. The van der Waals surface area contributed by atoms with Crippen LogP contribution in [0.15, 0.2) is 18.2 Å². The third-order valence-corrected chi connectivity index (χ3v) is 3.23. The van der Waals surface area contributed by atoms with E-state index in [-0.39, 0.29) is 11.8 Å². The number of amides is 2. The van der Waals surface area contributed by atoms with Crippen molar-refractivity contribution in [2.24, 2.45) is 0 Å². The fourth-order valence-corrected chi connectivity index (χ4v) is 1.98. The fraction of sp³-hybridized carbons (Fsp3) is 0.273. The molecule has 0 N–H and O–H groups in total. The Morgan fingerprint density at radius 1 is 1.40 bits per heavy atom. The molecular formula is C11H10BrNO2. The number of likely N-dealkylation sites (N-methyl/N-ethyl adjacent to an activating group) is 1. The van der Waals surface area contributed by atoms with Gasteiger partial charge in [-0.2, -0.15) is 0 Å². The zero-order valence-corrected chi connectivity index (χ0v) is 9.87. The maximum Gasteiger partial charge on any atom is 0.260 e. The van der Waals surface area contributed by atoms with Crippen LogP contribution in [-0.2, 0) is 16.5 Å². The van der Waals surface area contributed by atoms with Crippen molar-refractivity contribution in [1.82, 2.24) is 4.90 Å². The predicted octanol–water partition coefficient (Wildman–Crippen LogP) is 1.74. The average Bonchev–Trinajstić information content (AvgIpc) is 2.26. The van der Waals surface area contributed by atoms with Gasteiger partial charge in [0.25, 0.3) is 5.91 Å². The summed E-state index contributed by atoms with van der Waals surface area (Å²) in [6.45, 7) is 0. The van der Waals surface area contributed by atoms with Gasteiger partial charge in [0.2, 0.25) is 5.91 Å². The molecule has 2 rings (SSSR count). The standard InChI is InChI=1S/C11H10BrNO2/c1-13-10(14)5-8-3-2-7(6-12)4-9(8)11(13)15/h2-4H,5-6H2,1H3. The molecule has 0 saturated heterocycles. The Kier molecular flexibility index (Phi) is 2.61. The molecule has 15 heavy (non-hydrogen) atoms. The number of hydrogen-bond donors (Lipinski definition) is 0. The third-order valence-electron chi connectivity index (χ3n) is 2.58. The Bertz CT molecular complexity index is 442. The van der Waals surface area contributed by atoms with Crippen LogP contribution in [0.4, 0.5) is 0 Å². The zero-order valence-electron chi connectivity index (χ0n) is 8.29. The molecule has 1 heterocycles. The molecule has 4 heteroatoms. The van der Waals surface area contributed by atoms with Gasteiger partial charge in [0.15, 0.2) is 0 Å². The predicted molar refractivity (Wildman–Crippen MR) is 59.9 cm³/mol. The summed E-state index contributed by atoms with van der Waals surface area (Å²) in [5.74, 6) is -0.344. The summed E-state index contributed by atoms with van der Waals surface area (Å²) in [5.41, 5.74) is 2.52. The van der Waals surface area contributed by atoms with Gasteiger partial charge >= 0.3 is 0 Å². The highest BCUT2D eigenvalue weighted by Gasteiger charge is 2.27. The van der Waals surface area contributed by atoms with Crippen LogP contribution in [0.1, 0.15) is 21.5 Å². The number of nitrogens with zero attached hydrogens (tertiary/aromatic N) is 1. The molecule has 0 aliphatic carbocycles. The van der Waals surface area contributed by atoms with Crippen LogP contribution in [0, 0.1) is 0 Å². The van der Waals surface area contributed by atoms with Gasteiger partial charge in [-0.25, -0.2) is 0 Å². The smallest absolute Gasteiger partial charge is 0.260 e. The highest BCUT2D eigenvalue weighted by Crippen LogP contribution is 2.21. The molecule has 0 spiro atoms. The summed E-state index contributed by atoms with van der Waals surface area (Å²) in [6, 6.07) is 5.63. The quantitative estimate of drug-likeness (QED) is 0.574. The lowest BCUT2D eigenvalue weighted by Crippen LogP contribution is -2.39. The van der Waals surface area contributed by atoms with Gasteiger partial charge in [0, 0.05) is 17.9 Å².